The Morgan fingerprint density at radius 3 is 2.55 bits per heavy atom. The van der Waals surface area contributed by atoms with Crippen LogP contribution < -0.4 is 9.47 Å². The molecule has 1 aliphatic rings. The second kappa shape index (κ2) is 6.67. The summed E-state index contributed by atoms with van der Waals surface area (Å²) in [6.45, 7) is 5.07. The molecule has 0 spiro atoms. The van der Waals surface area contributed by atoms with Crippen molar-refractivity contribution in [1.82, 2.24) is 9.88 Å². The summed E-state index contributed by atoms with van der Waals surface area (Å²) in [5.41, 5.74) is 3.88. The van der Waals surface area contributed by atoms with E-state index in [4.69, 9.17) is 9.47 Å². The Morgan fingerprint density at radius 1 is 1.18 bits per heavy atom. The van der Waals surface area contributed by atoms with E-state index in [1.165, 1.54) is 21.8 Å². The third-order valence-electron chi connectivity index (χ3n) is 4.08. The molecule has 0 aliphatic carbocycles. The Kier molecular flexibility index (Phi) is 4.64. The van der Waals surface area contributed by atoms with Crippen molar-refractivity contribution < 1.29 is 9.47 Å². The van der Waals surface area contributed by atoms with Gasteiger partial charge in [-0.3, -0.25) is 4.90 Å². The fourth-order valence-electron chi connectivity index (χ4n) is 2.89. The minimum absolute atomic E-state index is 0.810. The zero-order valence-corrected chi connectivity index (χ0v) is 14.2. The maximum Gasteiger partial charge on any atom is 0.161 e. The Hall–Kier alpha value is -1.59. The van der Waals surface area contributed by atoms with Crippen molar-refractivity contribution in [3.63, 3.8) is 0 Å². The lowest BCUT2D eigenvalue weighted by atomic mass is 9.98. The summed E-state index contributed by atoms with van der Waals surface area (Å²) in [5.74, 6) is 1.63. The first-order valence-electron chi connectivity index (χ1n) is 7.63. The number of aryl methyl sites for hydroxylation is 1. The van der Waals surface area contributed by atoms with Gasteiger partial charge >= 0.3 is 0 Å². The van der Waals surface area contributed by atoms with Gasteiger partial charge in [0, 0.05) is 25.0 Å². The van der Waals surface area contributed by atoms with Crippen molar-refractivity contribution in [2.45, 2.75) is 32.9 Å². The highest BCUT2D eigenvalue weighted by Gasteiger charge is 2.20. The lowest BCUT2D eigenvalue weighted by Gasteiger charge is -2.29. The van der Waals surface area contributed by atoms with Gasteiger partial charge in [0.2, 0.25) is 0 Å². The molecule has 0 saturated carbocycles. The van der Waals surface area contributed by atoms with Crippen LogP contribution in [0.1, 0.15) is 28.8 Å². The molecule has 0 unspecified atom stereocenters. The molecule has 1 aromatic heterocycles. The van der Waals surface area contributed by atoms with Crippen LogP contribution in [0, 0.1) is 0 Å². The fraction of sp³-hybridized carbons (Fsp3) is 0.471. The van der Waals surface area contributed by atoms with Gasteiger partial charge < -0.3 is 9.47 Å². The second-order valence-electron chi connectivity index (χ2n) is 5.52. The summed E-state index contributed by atoms with van der Waals surface area (Å²) in [6, 6.07) is 4.22. The molecule has 5 heteroatoms. The average Bonchev–Trinajstić information content (AvgIpc) is 3.01. The maximum absolute atomic E-state index is 5.42. The first-order chi connectivity index (χ1) is 10.7. The summed E-state index contributed by atoms with van der Waals surface area (Å²) in [5, 5.41) is 3.40. The molecule has 118 valence electrons. The van der Waals surface area contributed by atoms with Crippen molar-refractivity contribution in [3.8, 4) is 11.5 Å². The molecule has 4 nitrogen and oxygen atoms in total. The van der Waals surface area contributed by atoms with Gasteiger partial charge in [-0.25, -0.2) is 4.98 Å². The predicted octanol–water partition coefficient (Wildman–Crippen LogP) is 3.28. The van der Waals surface area contributed by atoms with Gasteiger partial charge in [0.15, 0.2) is 11.5 Å². The molecule has 0 saturated heterocycles. The van der Waals surface area contributed by atoms with Crippen LogP contribution in [-0.4, -0.2) is 30.6 Å². The number of hydrogen-bond donors (Lipinski definition) is 0. The molecular formula is C17H22N2O2S. The Morgan fingerprint density at radius 2 is 1.91 bits per heavy atom. The van der Waals surface area contributed by atoms with Crippen LogP contribution in [0.3, 0.4) is 0 Å². The van der Waals surface area contributed by atoms with Crippen LogP contribution in [0.15, 0.2) is 17.5 Å². The SMILES string of the molecule is CCc1nc(CN2CCc3cc(OC)c(OC)cc3C2)cs1. The number of methoxy groups -OCH3 is 2. The molecule has 22 heavy (non-hydrogen) atoms. The number of fused-ring (bicyclic) bond motifs is 1. The largest absolute Gasteiger partial charge is 0.493 e. The van der Waals surface area contributed by atoms with E-state index < -0.39 is 0 Å². The minimum Gasteiger partial charge on any atom is -0.493 e. The van der Waals surface area contributed by atoms with Gasteiger partial charge in [0.05, 0.1) is 24.9 Å². The van der Waals surface area contributed by atoms with Gasteiger partial charge in [-0.15, -0.1) is 11.3 Å². The molecule has 1 aromatic carbocycles. The van der Waals surface area contributed by atoms with Gasteiger partial charge in [-0.05, 0) is 36.1 Å². The van der Waals surface area contributed by atoms with Crippen LogP contribution in [-0.2, 0) is 25.9 Å². The summed E-state index contributed by atoms with van der Waals surface area (Å²) in [6.07, 6.45) is 2.06. The third-order valence-corrected chi connectivity index (χ3v) is 5.13. The first kappa shape index (κ1) is 15.3. The number of hydrogen-bond acceptors (Lipinski definition) is 5. The van der Waals surface area contributed by atoms with E-state index in [9.17, 15) is 0 Å². The zero-order valence-electron chi connectivity index (χ0n) is 13.4. The van der Waals surface area contributed by atoms with E-state index in [1.54, 1.807) is 25.6 Å². The summed E-state index contributed by atoms with van der Waals surface area (Å²) in [7, 11) is 3.37. The Balaban J connectivity index is 1.75. The number of aromatic nitrogens is 1. The molecule has 0 N–H and O–H groups in total. The van der Waals surface area contributed by atoms with Gasteiger partial charge in [0.25, 0.3) is 0 Å². The van der Waals surface area contributed by atoms with Crippen LogP contribution in [0.25, 0.3) is 0 Å². The van der Waals surface area contributed by atoms with Crippen molar-refractivity contribution in [3.05, 3.63) is 39.3 Å². The van der Waals surface area contributed by atoms with E-state index in [2.05, 4.69) is 34.3 Å². The molecule has 0 radical (unpaired) electrons. The van der Waals surface area contributed by atoms with E-state index in [0.29, 0.717) is 0 Å². The zero-order chi connectivity index (χ0) is 15.5. The Bertz CT molecular complexity index is 654. The second-order valence-corrected chi connectivity index (χ2v) is 6.47. The van der Waals surface area contributed by atoms with Crippen molar-refractivity contribution in [2.24, 2.45) is 0 Å². The standard InChI is InChI=1S/C17H22N2O2S/c1-4-17-18-14(11-22-17)10-19-6-5-12-7-15(20-2)16(21-3)8-13(12)9-19/h7-8,11H,4-6,9-10H2,1-3H3. The smallest absolute Gasteiger partial charge is 0.161 e. The summed E-state index contributed by atoms with van der Waals surface area (Å²) in [4.78, 5) is 7.12. The first-order valence-corrected chi connectivity index (χ1v) is 8.50. The highest BCUT2D eigenvalue weighted by atomic mass is 32.1. The monoisotopic (exact) mass is 318 g/mol. The van der Waals surface area contributed by atoms with Crippen LogP contribution in [0.2, 0.25) is 0 Å². The normalized spacial score (nSPS) is 14.7. The fourth-order valence-corrected chi connectivity index (χ4v) is 3.63. The minimum atomic E-state index is 0.810. The number of benzene rings is 1. The molecular weight excluding hydrogens is 296 g/mol. The number of ether oxygens (including phenoxy) is 2. The van der Waals surface area contributed by atoms with Gasteiger partial charge in [0.1, 0.15) is 0 Å². The molecule has 0 atom stereocenters. The molecule has 3 rings (SSSR count). The lowest BCUT2D eigenvalue weighted by Crippen LogP contribution is -2.30. The summed E-state index contributed by atoms with van der Waals surface area (Å²) >= 11 is 1.76. The predicted molar refractivity (Wildman–Crippen MR) is 88.9 cm³/mol. The van der Waals surface area contributed by atoms with E-state index in [-0.39, 0.29) is 0 Å². The molecule has 0 amide bonds. The molecule has 0 bridgehead atoms. The average molecular weight is 318 g/mol. The number of thiazole rings is 1. The van der Waals surface area contributed by atoms with E-state index in [0.717, 1.165) is 44.0 Å². The van der Waals surface area contributed by atoms with Gasteiger partial charge in [-0.1, -0.05) is 6.92 Å². The molecule has 1 aliphatic heterocycles. The highest BCUT2D eigenvalue weighted by Crippen LogP contribution is 2.33. The quantitative estimate of drug-likeness (QED) is 0.847. The lowest BCUT2D eigenvalue weighted by molar-refractivity contribution is 0.241. The van der Waals surface area contributed by atoms with Crippen LogP contribution in [0.4, 0.5) is 0 Å². The van der Waals surface area contributed by atoms with Gasteiger partial charge in [-0.2, -0.15) is 0 Å². The number of nitrogens with zero attached hydrogens (tertiary/aromatic N) is 2. The highest BCUT2D eigenvalue weighted by molar-refractivity contribution is 7.09. The summed E-state index contributed by atoms with van der Waals surface area (Å²) < 4.78 is 10.8. The topological polar surface area (TPSA) is 34.6 Å². The van der Waals surface area contributed by atoms with Crippen molar-refractivity contribution >= 4 is 11.3 Å². The molecule has 2 heterocycles. The third kappa shape index (κ3) is 3.10. The van der Waals surface area contributed by atoms with Crippen molar-refractivity contribution in [1.29, 1.82) is 0 Å². The molecule has 0 fully saturated rings. The maximum atomic E-state index is 5.42. The Labute approximate surface area is 135 Å². The molecule has 2 aromatic rings. The van der Waals surface area contributed by atoms with Crippen LogP contribution >= 0.6 is 11.3 Å². The van der Waals surface area contributed by atoms with E-state index in [1.807, 2.05) is 0 Å². The van der Waals surface area contributed by atoms with E-state index >= 15 is 0 Å². The van der Waals surface area contributed by atoms with Crippen molar-refractivity contribution in [2.75, 3.05) is 20.8 Å². The van der Waals surface area contributed by atoms with Crippen LogP contribution in [0.5, 0.6) is 11.5 Å². The number of rotatable bonds is 5.